The third kappa shape index (κ3) is 4.04. The molecule has 19 heavy (non-hydrogen) atoms. The smallest absolute Gasteiger partial charge is 0.295 e. The Morgan fingerprint density at radius 3 is 2.53 bits per heavy atom. The fourth-order valence-electron chi connectivity index (χ4n) is 2.30. The lowest BCUT2D eigenvalue weighted by atomic mass is 10.2. The monoisotopic (exact) mass is 279 g/mol. The topological polar surface area (TPSA) is 29.5 Å². The van der Waals surface area contributed by atoms with Gasteiger partial charge in [0.25, 0.3) is 7.52 Å². The molecule has 1 aliphatic heterocycles. The number of benzene rings is 1. The van der Waals surface area contributed by atoms with Crippen LogP contribution in [0.5, 0.6) is 0 Å². The van der Waals surface area contributed by atoms with Crippen LogP contribution in [-0.2, 0) is 9.09 Å². The number of piperidine rings is 1. The molecule has 0 spiro atoms. The minimum Gasteiger partial charge on any atom is -0.315 e. The van der Waals surface area contributed by atoms with E-state index in [1.807, 2.05) is 48.0 Å². The third-order valence-corrected chi connectivity index (χ3v) is 5.64. The molecule has 104 valence electrons. The summed E-state index contributed by atoms with van der Waals surface area (Å²) in [6, 6.07) is 9.94. The summed E-state index contributed by atoms with van der Waals surface area (Å²) < 4.78 is 20.6. The predicted molar refractivity (Wildman–Crippen MR) is 80.1 cm³/mol. The first kappa shape index (κ1) is 14.5. The van der Waals surface area contributed by atoms with Crippen molar-refractivity contribution in [3.63, 3.8) is 0 Å². The maximum Gasteiger partial charge on any atom is 0.295 e. The van der Waals surface area contributed by atoms with Gasteiger partial charge in [-0.25, -0.2) is 4.67 Å². The van der Waals surface area contributed by atoms with Gasteiger partial charge >= 0.3 is 0 Å². The lowest BCUT2D eigenvalue weighted by Gasteiger charge is -2.31. The van der Waals surface area contributed by atoms with Crippen LogP contribution in [0.3, 0.4) is 0 Å². The standard InChI is InChI=1S/C15H22NO2P/c1-2-18-19(17,16-12-7-4-8-13-16)14-11-15-9-5-3-6-10-15/h3,5-6,9-11,14H,2,4,7-8,12-13H2,1H3/b14-11+. The lowest BCUT2D eigenvalue weighted by molar-refractivity contribution is 0.258. The van der Waals surface area contributed by atoms with Gasteiger partial charge in [-0.15, -0.1) is 0 Å². The van der Waals surface area contributed by atoms with Crippen LogP contribution in [0.25, 0.3) is 6.08 Å². The summed E-state index contributed by atoms with van der Waals surface area (Å²) in [5.74, 6) is 1.76. The summed E-state index contributed by atoms with van der Waals surface area (Å²) in [4.78, 5) is 0. The molecule has 0 bridgehead atoms. The largest absolute Gasteiger partial charge is 0.315 e. The van der Waals surface area contributed by atoms with Crippen molar-refractivity contribution in [1.29, 1.82) is 0 Å². The van der Waals surface area contributed by atoms with Crippen LogP contribution in [0.1, 0.15) is 31.7 Å². The first-order valence-corrected chi connectivity index (χ1v) is 8.63. The van der Waals surface area contributed by atoms with E-state index in [-0.39, 0.29) is 0 Å². The van der Waals surface area contributed by atoms with Crippen molar-refractivity contribution in [2.45, 2.75) is 26.2 Å². The van der Waals surface area contributed by atoms with Gasteiger partial charge in [0, 0.05) is 18.9 Å². The van der Waals surface area contributed by atoms with Crippen LogP contribution < -0.4 is 0 Å². The Kier molecular flexibility index (Phi) is 5.38. The molecular weight excluding hydrogens is 257 g/mol. The zero-order valence-corrected chi connectivity index (χ0v) is 12.4. The predicted octanol–water partition coefficient (Wildman–Crippen LogP) is 4.37. The van der Waals surface area contributed by atoms with Crippen molar-refractivity contribution in [3.05, 3.63) is 41.7 Å². The van der Waals surface area contributed by atoms with E-state index in [2.05, 4.69) is 0 Å². The second-order valence-electron chi connectivity index (χ2n) is 4.72. The van der Waals surface area contributed by atoms with Gasteiger partial charge in [0.15, 0.2) is 0 Å². The number of rotatable bonds is 5. The van der Waals surface area contributed by atoms with Crippen LogP contribution in [0.2, 0.25) is 0 Å². The fraction of sp³-hybridized carbons (Fsp3) is 0.467. The van der Waals surface area contributed by atoms with Crippen LogP contribution in [0.15, 0.2) is 36.1 Å². The van der Waals surface area contributed by atoms with E-state index >= 15 is 0 Å². The van der Waals surface area contributed by atoms with Crippen LogP contribution in [0, 0.1) is 0 Å². The van der Waals surface area contributed by atoms with E-state index in [9.17, 15) is 4.57 Å². The van der Waals surface area contributed by atoms with Crippen molar-refractivity contribution in [3.8, 4) is 0 Å². The number of nitrogens with zero attached hydrogens (tertiary/aromatic N) is 1. The van der Waals surface area contributed by atoms with Crippen molar-refractivity contribution >= 4 is 13.6 Å². The Morgan fingerprint density at radius 1 is 1.21 bits per heavy atom. The summed E-state index contributed by atoms with van der Waals surface area (Å²) in [5.41, 5.74) is 1.06. The van der Waals surface area contributed by atoms with E-state index in [0.717, 1.165) is 31.5 Å². The molecule has 1 aromatic carbocycles. The van der Waals surface area contributed by atoms with Gasteiger partial charge in [-0.1, -0.05) is 36.8 Å². The minimum absolute atomic E-state index is 0.479. The molecule has 0 amide bonds. The SMILES string of the molecule is CCOP(=O)(/C=C/c1ccccc1)N1CCCCC1. The highest BCUT2D eigenvalue weighted by Crippen LogP contribution is 2.53. The second kappa shape index (κ2) is 7.04. The van der Waals surface area contributed by atoms with Crippen LogP contribution in [-0.4, -0.2) is 24.4 Å². The zero-order valence-electron chi connectivity index (χ0n) is 11.5. The van der Waals surface area contributed by atoms with Crippen molar-refractivity contribution in [2.75, 3.05) is 19.7 Å². The Morgan fingerprint density at radius 2 is 1.89 bits per heavy atom. The van der Waals surface area contributed by atoms with E-state index < -0.39 is 7.52 Å². The molecule has 0 saturated carbocycles. The van der Waals surface area contributed by atoms with E-state index in [1.165, 1.54) is 6.42 Å². The van der Waals surface area contributed by atoms with Gasteiger partial charge in [-0.3, -0.25) is 4.57 Å². The van der Waals surface area contributed by atoms with Crippen molar-refractivity contribution < 1.29 is 9.09 Å². The molecule has 1 aliphatic rings. The Hall–Kier alpha value is -0.890. The van der Waals surface area contributed by atoms with E-state index in [1.54, 1.807) is 5.82 Å². The molecule has 1 atom stereocenters. The first-order chi connectivity index (χ1) is 9.24. The Labute approximate surface area is 115 Å². The van der Waals surface area contributed by atoms with Crippen LogP contribution >= 0.6 is 7.52 Å². The van der Waals surface area contributed by atoms with Gasteiger partial charge in [0.2, 0.25) is 0 Å². The van der Waals surface area contributed by atoms with Gasteiger partial charge in [0.1, 0.15) is 0 Å². The Balaban J connectivity index is 2.14. The molecule has 1 heterocycles. The highest BCUT2D eigenvalue weighted by atomic mass is 31.2. The summed E-state index contributed by atoms with van der Waals surface area (Å²) in [6.07, 6.45) is 5.35. The Bertz CT molecular complexity index is 452. The van der Waals surface area contributed by atoms with Crippen molar-refractivity contribution in [2.24, 2.45) is 0 Å². The third-order valence-electron chi connectivity index (χ3n) is 3.30. The quantitative estimate of drug-likeness (QED) is 0.749. The lowest BCUT2D eigenvalue weighted by Crippen LogP contribution is -2.27. The van der Waals surface area contributed by atoms with E-state index in [4.69, 9.17) is 4.52 Å². The molecule has 0 N–H and O–H groups in total. The molecule has 1 unspecified atom stereocenters. The van der Waals surface area contributed by atoms with E-state index in [0.29, 0.717) is 6.61 Å². The maximum absolute atomic E-state index is 13.0. The normalized spacial score (nSPS) is 20.5. The summed E-state index contributed by atoms with van der Waals surface area (Å²) >= 11 is 0. The van der Waals surface area contributed by atoms with Crippen LogP contribution in [0.4, 0.5) is 0 Å². The van der Waals surface area contributed by atoms with Gasteiger partial charge in [0.05, 0.1) is 6.61 Å². The molecule has 0 aliphatic carbocycles. The fourth-order valence-corrected chi connectivity index (χ4v) is 4.31. The summed E-state index contributed by atoms with van der Waals surface area (Å²) in [6.45, 7) is 4.12. The average molecular weight is 279 g/mol. The second-order valence-corrected chi connectivity index (χ2v) is 6.97. The molecule has 4 heteroatoms. The van der Waals surface area contributed by atoms with Crippen molar-refractivity contribution in [1.82, 2.24) is 4.67 Å². The van der Waals surface area contributed by atoms with Gasteiger partial charge in [-0.05, 0) is 31.4 Å². The zero-order chi connectivity index (χ0) is 13.6. The molecular formula is C15H22NO2P. The first-order valence-electron chi connectivity index (χ1n) is 6.98. The maximum atomic E-state index is 13.0. The molecule has 1 aromatic rings. The summed E-state index contributed by atoms with van der Waals surface area (Å²) in [5, 5.41) is 0. The average Bonchev–Trinajstić information content (AvgIpc) is 2.48. The highest BCUT2D eigenvalue weighted by molar-refractivity contribution is 7.60. The molecule has 2 rings (SSSR count). The number of hydrogen-bond donors (Lipinski definition) is 0. The molecule has 3 nitrogen and oxygen atoms in total. The molecule has 0 aromatic heterocycles. The van der Waals surface area contributed by atoms with Gasteiger partial charge in [-0.2, -0.15) is 0 Å². The number of hydrogen-bond acceptors (Lipinski definition) is 2. The minimum atomic E-state index is -2.81. The molecule has 0 radical (unpaired) electrons. The summed E-state index contributed by atoms with van der Waals surface area (Å²) in [7, 11) is -2.81. The molecule has 1 fully saturated rings. The van der Waals surface area contributed by atoms with Gasteiger partial charge < -0.3 is 4.52 Å². The highest BCUT2D eigenvalue weighted by Gasteiger charge is 2.29. The molecule has 1 saturated heterocycles.